The van der Waals surface area contributed by atoms with E-state index in [-0.39, 0.29) is 11.9 Å². The Labute approximate surface area is 141 Å². The lowest BCUT2D eigenvalue weighted by Gasteiger charge is -2.13. The third-order valence-corrected chi connectivity index (χ3v) is 3.88. The van der Waals surface area contributed by atoms with E-state index >= 15 is 0 Å². The minimum Gasteiger partial charge on any atom is -0.494 e. The maximum atomic E-state index is 11.9. The van der Waals surface area contributed by atoms with Crippen LogP contribution in [-0.2, 0) is 4.79 Å². The highest BCUT2D eigenvalue weighted by atomic mass is 35.5. The van der Waals surface area contributed by atoms with E-state index in [9.17, 15) is 4.79 Å². The Balaban J connectivity index is 1.69. The van der Waals surface area contributed by atoms with Gasteiger partial charge in [0.1, 0.15) is 5.75 Å². The van der Waals surface area contributed by atoms with Crippen molar-refractivity contribution in [2.75, 3.05) is 6.61 Å². The van der Waals surface area contributed by atoms with E-state index in [2.05, 4.69) is 10.3 Å². The van der Waals surface area contributed by atoms with Gasteiger partial charge in [-0.3, -0.25) is 9.78 Å². The first-order valence-electron chi connectivity index (χ1n) is 7.65. The van der Waals surface area contributed by atoms with Crippen LogP contribution in [0.5, 0.6) is 5.75 Å². The predicted molar refractivity (Wildman–Crippen MR) is 91.7 cm³/mol. The molecule has 0 saturated heterocycles. The van der Waals surface area contributed by atoms with Gasteiger partial charge >= 0.3 is 0 Å². The van der Waals surface area contributed by atoms with E-state index in [1.807, 2.05) is 50.2 Å². The Bertz CT molecular complexity index is 647. The Hall–Kier alpha value is -2.07. The Morgan fingerprint density at radius 2 is 2.17 bits per heavy atom. The zero-order valence-electron chi connectivity index (χ0n) is 13.4. The SMILES string of the molecule is Cc1cc(OCCCC(=O)NC(C)c2ccccn2)ccc1Cl. The standard InChI is InChI=1S/C18H21ClN2O2/c1-13-12-15(8-9-16(13)19)23-11-5-7-18(22)21-14(2)17-6-3-4-10-20-17/h3-4,6,8-10,12,14H,5,7,11H2,1-2H3,(H,21,22). The predicted octanol–water partition coefficient (Wildman–Crippen LogP) is 4.08. The number of rotatable bonds is 7. The first kappa shape index (κ1) is 17.3. The van der Waals surface area contributed by atoms with Crippen LogP contribution in [0.1, 0.15) is 37.1 Å². The molecule has 1 N–H and O–H groups in total. The van der Waals surface area contributed by atoms with Gasteiger partial charge in [0, 0.05) is 17.6 Å². The number of ether oxygens (including phenoxy) is 1. The average Bonchev–Trinajstić information content (AvgIpc) is 2.55. The first-order valence-corrected chi connectivity index (χ1v) is 8.03. The number of aryl methyl sites for hydroxylation is 1. The summed E-state index contributed by atoms with van der Waals surface area (Å²) in [5.74, 6) is 0.771. The highest BCUT2D eigenvalue weighted by Crippen LogP contribution is 2.21. The van der Waals surface area contributed by atoms with E-state index in [1.54, 1.807) is 6.20 Å². The maximum absolute atomic E-state index is 11.9. The molecular formula is C18H21ClN2O2. The fourth-order valence-corrected chi connectivity index (χ4v) is 2.27. The summed E-state index contributed by atoms with van der Waals surface area (Å²) in [6, 6.07) is 11.1. The molecule has 122 valence electrons. The molecule has 0 fully saturated rings. The number of hydrogen-bond donors (Lipinski definition) is 1. The van der Waals surface area contributed by atoms with E-state index in [1.165, 1.54) is 0 Å². The van der Waals surface area contributed by atoms with Gasteiger partial charge < -0.3 is 10.1 Å². The van der Waals surface area contributed by atoms with Crippen molar-refractivity contribution in [3.05, 3.63) is 58.9 Å². The second-order valence-electron chi connectivity index (χ2n) is 5.41. The Morgan fingerprint density at radius 3 is 2.87 bits per heavy atom. The van der Waals surface area contributed by atoms with Crippen LogP contribution in [0.2, 0.25) is 5.02 Å². The minimum atomic E-state index is -0.0940. The van der Waals surface area contributed by atoms with E-state index < -0.39 is 0 Å². The van der Waals surface area contributed by atoms with Crippen LogP contribution in [0.25, 0.3) is 0 Å². The number of pyridine rings is 1. The summed E-state index contributed by atoms with van der Waals surface area (Å²) >= 11 is 5.97. The summed E-state index contributed by atoms with van der Waals surface area (Å²) in [7, 11) is 0. The van der Waals surface area contributed by atoms with Crippen molar-refractivity contribution in [1.29, 1.82) is 0 Å². The average molecular weight is 333 g/mol. The third kappa shape index (κ3) is 5.57. The zero-order chi connectivity index (χ0) is 16.7. The van der Waals surface area contributed by atoms with Crippen LogP contribution in [0.15, 0.2) is 42.6 Å². The molecule has 23 heavy (non-hydrogen) atoms. The largest absolute Gasteiger partial charge is 0.494 e. The molecular weight excluding hydrogens is 312 g/mol. The van der Waals surface area contributed by atoms with Gasteiger partial charge in [-0.15, -0.1) is 0 Å². The molecule has 1 heterocycles. The van der Waals surface area contributed by atoms with E-state index in [4.69, 9.17) is 16.3 Å². The molecule has 0 aliphatic carbocycles. The van der Waals surface area contributed by atoms with Crippen molar-refractivity contribution in [3.63, 3.8) is 0 Å². The number of nitrogens with one attached hydrogen (secondary N) is 1. The smallest absolute Gasteiger partial charge is 0.220 e. The summed E-state index contributed by atoms with van der Waals surface area (Å²) in [6.07, 6.45) is 2.80. The number of aromatic nitrogens is 1. The molecule has 0 saturated carbocycles. The fraction of sp³-hybridized carbons (Fsp3) is 0.333. The van der Waals surface area contributed by atoms with Crippen molar-refractivity contribution in [1.82, 2.24) is 10.3 Å². The molecule has 0 spiro atoms. The first-order chi connectivity index (χ1) is 11.1. The van der Waals surface area contributed by atoms with Crippen LogP contribution in [0.4, 0.5) is 0 Å². The van der Waals surface area contributed by atoms with Gasteiger partial charge in [0.25, 0.3) is 0 Å². The van der Waals surface area contributed by atoms with Gasteiger partial charge in [0.05, 0.1) is 18.3 Å². The van der Waals surface area contributed by atoms with Gasteiger partial charge in [0.15, 0.2) is 0 Å². The van der Waals surface area contributed by atoms with Crippen molar-refractivity contribution < 1.29 is 9.53 Å². The quantitative estimate of drug-likeness (QED) is 0.777. The summed E-state index contributed by atoms with van der Waals surface area (Å²) < 4.78 is 5.63. The molecule has 2 rings (SSSR count). The van der Waals surface area contributed by atoms with Crippen LogP contribution in [0.3, 0.4) is 0 Å². The van der Waals surface area contributed by atoms with Crippen LogP contribution in [0, 0.1) is 6.92 Å². The molecule has 1 atom stereocenters. The molecule has 4 nitrogen and oxygen atoms in total. The fourth-order valence-electron chi connectivity index (χ4n) is 2.15. The van der Waals surface area contributed by atoms with Crippen molar-refractivity contribution in [3.8, 4) is 5.75 Å². The topological polar surface area (TPSA) is 51.2 Å². The number of halogens is 1. The molecule has 0 aliphatic heterocycles. The summed E-state index contributed by atoms with van der Waals surface area (Å²) in [4.78, 5) is 16.2. The zero-order valence-corrected chi connectivity index (χ0v) is 14.1. The summed E-state index contributed by atoms with van der Waals surface area (Å²) in [5, 5.41) is 3.66. The molecule has 0 bridgehead atoms. The summed E-state index contributed by atoms with van der Waals surface area (Å²) in [5.41, 5.74) is 1.83. The maximum Gasteiger partial charge on any atom is 0.220 e. The van der Waals surface area contributed by atoms with Gasteiger partial charge in [0.2, 0.25) is 5.91 Å². The number of carbonyl (C=O) groups excluding carboxylic acids is 1. The highest BCUT2D eigenvalue weighted by Gasteiger charge is 2.10. The normalized spacial score (nSPS) is 11.8. The second-order valence-corrected chi connectivity index (χ2v) is 5.81. The van der Waals surface area contributed by atoms with Gasteiger partial charge in [-0.1, -0.05) is 17.7 Å². The molecule has 1 unspecified atom stereocenters. The number of hydrogen-bond acceptors (Lipinski definition) is 3. The molecule has 0 radical (unpaired) electrons. The molecule has 1 aromatic carbocycles. The van der Waals surface area contributed by atoms with Gasteiger partial charge in [-0.25, -0.2) is 0 Å². The van der Waals surface area contributed by atoms with Crippen molar-refractivity contribution in [2.24, 2.45) is 0 Å². The Morgan fingerprint density at radius 1 is 1.35 bits per heavy atom. The highest BCUT2D eigenvalue weighted by molar-refractivity contribution is 6.31. The van der Waals surface area contributed by atoms with Crippen LogP contribution in [-0.4, -0.2) is 17.5 Å². The monoisotopic (exact) mass is 332 g/mol. The molecule has 0 aliphatic rings. The van der Waals surface area contributed by atoms with Crippen molar-refractivity contribution >= 4 is 17.5 Å². The number of amides is 1. The number of carbonyl (C=O) groups is 1. The molecule has 2 aromatic rings. The van der Waals surface area contributed by atoms with Gasteiger partial charge in [-0.2, -0.15) is 0 Å². The van der Waals surface area contributed by atoms with Crippen LogP contribution >= 0.6 is 11.6 Å². The van der Waals surface area contributed by atoms with E-state index in [0.717, 1.165) is 22.0 Å². The molecule has 1 aromatic heterocycles. The minimum absolute atomic E-state index is 0.000889. The second kappa shape index (κ2) is 8.53. The lowest BCUT2D eigenvalue weighted by Crippen LogP contribution is -2.27. The third-order valence-electron chi connectivity index (χ3n) is 3.46. The Kier molecular flexibility index (Phi) is 6.41. The lowest BCUT2D eigenvalue weighted by molar-refractivity contribution is -0.122. The number of nitrogens with zero attached hydrogens (tertiary/aromatic N) is 1. The van der Waals surface area contributed by atoms with Gasteiger partial charge in [-0.05, 0) is 56.2 Å². The molecule has 5 heteroatoms. The van der Waals surface area contributed by atoms with Crippen molar-refractivity contribution in [2.45, 2.75) is 32.7 Å². The summed E-state index contributed by atoms with van der Waals surface area (Å²) in [6.45, 7) is 4.35. The van der Waals surface area contributed by atoms with Crippen LogP contribution < -0.4 is 10.1 Å². The molecule has 1 amide bonds. The van der Waals surface area contributed by atoms with E-state index in [0.29, 0.717) is 19.4 Å². The lowest BCUT2D eigenvalue weighted by atomic mass is 10.2. The number of benzene rings is 1.